The summed E-state index contributed by atoms with van der Waals surface area (Å²) in [5, 5.41) is 6.66. The summed E-state index contributed by atoms with van der Waals surface area (Å²) in [6.45, 7) is 0.298. The molecular weight excluding hydrogens is 360 g/mol. The molecule has 28 heavy (non-hydrogen) atoms. The summed E-state index contributed by atoms with van der Waals surface area (Å²) in [5.74, 6) is 1.47. The first-order valence-electron chi connectivity index (χ1n) is 9.31. The number of nitrogens with zero attached hydrogens (tertiary/aromatic N) is 4. The Morgan fingerprint density at radius 2 is 2.14 bits per heavy atom. The molecule has 1 saturated carbocycles. The smallest absolute Gasteiger partial charge is 0.264 e. The molecule has 144 valence electrons. The molecule has 0 spiro atoms. The summed E-state index contributed by atoms with van der Waals surface area (Å²) in [5.41, 5.74) is 0.114. The van der Waals surface area contributed by atoms with Crippen LogP contribution in [0.5, 0.6) is 0 Å². The lowest BCUT2D eigenvalue weighted by molar-refractivity contribution is 0.0952. The Morgan fingerprint density at radius 1 is 1.29 bits per heavy atom. The zero-order valence-corrected chi connectivity index (χ0v) is 15.2. The fourth-order valence-electron chi connectivity index (χ4n) is 3.30. The number of hydrogen-bond donors (Lipinski definition) is 2. The van der Waals surface area contributed by atoms with Crippen molar-refractivity contribution in [2.45, 2.75) is 38.0 Å². The maximum absolute atomic E-state index is 12.3. The molecule has 9 nitrogen and oxygen atoms in total. The van der Waals surface area contributed by atoms with Crippen molar-refractivity contribution in [2.24, 2.45) is 0 Å². The SMILES string of the molecule is O=C(NCCc1noc(C2CCCC2)n1)c1cnc(-c2cccnc2)[nH]c1=O. The van der Waals surface area contributed by atoms with Crippen LogP contribution in [0.15, 0.2) is 40.0 Å². The first-order valence-corrected chi connectivity index (χ1v) is 9.31. The minimum absolute atomic E-state index is 0.0487. The first-order chi connectivity index (χ1) is 13.7. The van der Waals surface area contributed by atoms with Crippen molar-refractivity contribution in [3.8, 4) is 11.4 Å². The van der Waals surface area contributed by atoms with Gasteiger partial charge in [0.2, 0.25) is 5.89 Å². The van der Waals surface area contributed by atoms with Crippen LogP contribution >= 0.6 is 0 Å². The van der Waals surface area contributed by atoms with Crippen LogP contribution in [0.2, 0.25) is 0 Å². The first kappa shape index (κ1) is 18.0. The molecule has 9 heteroatoms. The lowest BCUT2D eigenvalue weighted by Gasteiger charge is -2.04. The lowest BCUT2D eigenvalue weighted by atomic mass is 10.1. The van der Waals surface area contributed by atoms with Crippen molar-refractivity contribution in [1.82, 2.24) is 30.4 Å². The molecule has 1 amide bonds. The average molecular weight is 380 g/mol. The molecule has 3 aromatic rings. The van der Waals surface area contributed by atoms with E-state index < -0.39 is 11.5 Å². The average Bonchev–Trinajstić information content (AvgIpc) is 3.40. The van der Waals surface area contributed by atoms with Crippen LogP contribution in [0.3, 0.4) is 0 Å². The predicted molar refractivity (Wildman–Crippen MR) is 99.6 cm³/mol. The molecule has 0 aliphatic heterocycles. The van der Waals surface area contributed by atoms with Gasteiger partial charge in [-0.05, 0) is 25.0 Å². The van der Waals surface area contributed by atoms with E-state index in [0.717, 1.165) is 12.8 Å². The zero-order valence-electron chi connectivity index (χ0n) is 15.2. The van der Waals surface area contributed by atoms with E-state index in [4.69, 9.17) is 4.52 Å². The van der Waals surface area contributed by atoms with Gasteiger partial charge in [-0.25, -0.2) is 4.98 Å². The molecule has 1 aliphatic rings. The van der Waals surface area contributed by atoms with Crippen LogP contribution in [0.1, 0.15) is 53.7 Å². The summed E-state index contributed by atoms with van der Waals surface area (Å²) in [4.78, 5) is 39.6. The van der Waals surface area contributed by atoms with Crippen LogP contribution in [0, 0.1) is 0 Å². The van der Waals surface area contributed by atoms with E-state index >= 15 is 0 Å². The second-order valence-corrected chi connectivity index (χ2v) is 6.75. The fourth-order valence-corrected chi connectivity index (χ4v) is 3.30. The van der Waals surface area contributed by atoms with E-state index in [1.165, 1.54) is 19.0 Å². The van der Waals surface area contributed by atoms with Crippen molar-refractivity contribution < 1.29 is 9.32 Å². The molecule has 0 saturated heterocycles. The molecule has 1 fully saturated rings. The quantitative estimate of drug-likeness (QED) is 0.668. The van der Waals surface area contributed by atoms with Gasteiger partial charge in [-0.1, -0.05) is 18.0 Å². The number of aromatic nitrogens is 5. The summed E-state index contributed by atoms with van der Waals surface area (Å²) in [6.07, 6.45) is 9.48. The standard InChI is InChI=1S/C19H20N6O3/c26-17(14-11-22-16(24-18(14)27)13-6-3-8-20-10-13)21-9-7-15-23-19(28-25-15)12-4-1-2-5-12/h3,6,8,10-12H,1-2,4-5,7,9H2,(H,21,26)(H,22,24,27). The van der Waals surface area contributed by atoms with Gasteiger partial charge in [0.05, 0.1) is 0 Å². The van der Waals surface area contributed by atoms with E-state index in [1.54, 1.807) is 24.5 Å². The molecule has 4 rings (SSSR count). The Kier molecular flexibility index (Phi) is 5.22. The molecule has 0 aromatic carbocycles. The van der Waals surface area contributed by atoms with Crippen molar-refractivity contribution >= 4 is 5.91 Å². The molecule has 0 radical (unpaired) electrons. The highest BCUT2D eigenvalue weighted by Gasteiger charge is 2.23. The van der Waals surface area contributed by atoms with E-state index in [0.29, 0.717) is 42.0 Å². The number of hydrogen-bond acceptors (Lipinski definition) is 7. The van der Waals surface area contributed by atoms with Gasteiger partial charge in [0.25, 0.3) is 11.5 Å². The van der Waals surface area contributed by atoms with Crippen molar-refractivity contribution in [2.75, 3.05) is 6.54 Å². The van der Waals surface area contributed by atoms with Gasteiger partial charge >= 0.3 is 0 Å². The van der Waals surface area contributed by atoms with E-state index in [-0.39, 0.29) is 5.56 Å². The van der Waals surface area contributed by atoms with E-state index in [1.807, 2.05) is 0 Å². The van der Waals surface area contributed by atoms with Gasteiger partial charge in [0.15, 0.2) is 5.82 Å². The molecule has 3 aromatic heterocycles. The number of H-pyrrole nitrogens is 1. The highest BCUT2D eigenvalue weighted by atomic mass is 16.5. The molecule has 0 unspecified atom stereocenters. The molecule has 2 N–H and O–H groups in total. The van der Waals surface area contributed by atoms with Gasteiger partial charge in [-0.3, -0.25) is 14.6 Å². The summed E-state index contributed by atoms with van der Waals surface area (Å²) in [7, 11) is 0. The maximum Gasteiger partial charge on any atom is 0.264 e. The molecule has 1 aliphatic carbocycles. The Labute approximate surface area is 160 Å². The van der Waals surface area contributed by atoms with Gasteiger partial charge in [-0.15, -0.1) is 0 Å². The number of carbonyl (C=O) groups excluding carboxylic acids is 1. The van der Waals surface area contributed by atoms with Crippen molar-refractivity contribution in [3.63, 3.8) is 0 Å². The monoisotopic (exact) mass is 380 g/mol. The second kappa shape index (κ2) is 8.12. The molecule has 3 heterocycles. The third-order valence-electron chi connectivity index (χ3n) is 4.80. The second-order valence-electron chi connectivity index (χ2n) is 6.75. The van der Waals surface area contributed by atoms with E-state index in [9.17, 15) is 9.59 Å². The largest absolute Gasteiger partial charge is 0.351 e. The number of carbonyl (C=O) groups is 1. The highest BCUT2D eigenvalue weighted by Crippen LogP contribution is 2.32. The van der Waals surface area contributed by atoms with Crippen LogP contribution in [0.4, 0.5) is 0 Å². The fraction of sp³-hybridized carbons (Fsp3) is 0.368. The van der Waals surface area contributed by atoms with Gasteiger partial charge in [0, 0.05) is 43.0 Å². The third kappa shape index (κ3) is 3.98. The Balaban J connectivity index is 1.34. The topological polar surface area (TPSA) is 127 Å². The molecular formula is C19H20N6O3. The predicted octanol–water partition coefficient (Wildman–Crippen LogP) is 1.84. The molecule has 0 bridgehead atoms. The minimum atomic E-state index is -0.505. The molecule has 0 atom stereocenters. The number of amides is 1. The van der Waals surface area contributed by atoms with Crippen LogP contribution < -0.4 is 10.9 Å². The van der Waals surface area contributed by atoms with Crippen LogP contribution in [-0.2, 0) is 6.42 Å². The zero-order chi connectivity index (χ0) is 19.3. The van der Waals surface area contributed by atoms with Crippen LogP contribution in [0.25, 0.3) is 11.4 Å². The van der Waals surface area contributed by atoms with Crippen molar-refractivity contribution in [3.05, 3.63) is 58.4 Å². The lowest BCUT2D eigenvalue weighted by Crippen LogP contribution is -2.31. The minimum Gasteiger partial charge on any atom is -0.351 e. The normalized spacial score (nSPS) is 14.3. The number of aromatic amines is 1. The van der Waals surface area contributed by atoms with Gasteiger partial charge in [-0.2, -0.15) is 4.98 Å². The van der Waals surface area contributed by atoms with Crippen LogP contribution in [-0.4, -0.2) is 37.5 Å². The number of pyridine rings is 1. The Bertz CT molecular complexity index is 1010. The Hall–Kier alpha value is -3.36. The summed E-state index contributed by atoms with van der Waals surface area (Å²) in [6, 6.07) is 3.52. The van der Waals surface area contributed by atoms with E-state index in [2.05, 4.69) is 30.4 Å². The number of nitrogens with one attached hydrogen (secondary N) is 2. The number of rotatable bonds is 6. The third-order valence-corrected chi connectivity index (χ3v) is 4.80. The maximum atomic E-state index is 12.3. The highest BCUT2D eigenvalue weighted by molar-refractivity contribution is 5.93. The summed E-state index contributed by atoms with van der Waals surface area (Å²) < 4.78 is 5.32. The Morgan fingerprint density at radius 3 is 2.89 bits per heavy atom. The van der Waals surface area contributed by atoms with Gasteiger partial charge < -0.3 is 14.8 Å². The van der Waals surface area contributed by atoms with Crippen molar-refractivity contribution in [1.29, 1.82) is 0 Å². The van der Waals surface area contributed by atoms with Gasteiger partial charge in [0.1, 0.15) is 11.4 Å². The summed E-state index contributed by atoms with van der Waals surface area (Å²) >= 11 is 0.